The molecule has 0 aromatic heterocycles. The Balaban J connectivity index is 1.49. The van der Waals surface area contributed by atoms with Gasteiger partial charge in [-0.05, 0) is 58.4 Å². The minimum absolute atomic E-state index is 0.0000379. The number of methoxy groups -OCH3 is 1. The van der Waals surface area contributed by atoms with Crippen molar-refractivity contribution < 1.29 is 31.4 Å². The van der Waals surface area contributed by atoms with Gasteiger partial charge in [-0.1, -0.05) is 12.7 Å². The number of likely N-dealkylation sites (tertiary alicyclic amines) is 1. The van der Waals surface area contributed by atoms with Gasteiger partial charge in [0, 0.05) is 43.0 Å². The number of piperazine rings is 1. The molecule has 1 aromatic rings. The fourth-order valence-electron chi connectivity index (χ4n) is 5.87. The molecule has 0 radical (unpaired) electrons. The Bertz CT molecular complexity index is 1020. The highest BCUT2D eigenvalue weighted by Crippen LogP contribution is 2.50. The van der Waals surface area contributed by atoms with E-state index in [1.54, 1.807) is 7.11 Å². The Kier molecular flexibility index (Phi) is 6.96. The molecule has 0 amide bonds. The van der Waals surface area contributed by atoms with E-state index in [-0.39, 0.29) is 19.1 Å². The molecule has 1 aromatic carbocycles. The van der Waals surface area contributed by atoms with Gasteiger partial charge in [-0.2, -0.15) is 22.0 Å². The van der Waals surface area contributed by atoms with Gasteiger partial charge in [-0.3, -0.25) is 4.90 Å². The zero-order valence-corrected chi connectivity index (χ0v) is 21.2. The van der Waals surface area contributed by atoms with Crippen LogP contribution in [0.3, 0.4) is 0 Å². The number of benzene rings is 1. The highest BCUT2D eigenvalue weighted by atomic mass is 19.4. The van der Waals surface area contributed by atoms with Gasteiger partial charge >= 0.3 is 12.1 Å². The number of rotatable bonds is 6. The average Bonchev–Trinajstić information content (AvgIpc) is 3.27. The number of hydrogen-bond acceptors (Lipinski definition) is 5. The molecule has 2 fully saturated rings. The molecule has 0 N–H and O–H groups in total. The Morgan fingerprint density at radius 2 is 1.72 bits per heavy atom. The largest absolute Gasteiger partial charge is 0.493 e. The van der Waals surface area contributed by atoms with E-state index >= 15 is 0 Å². The van der Waals surface area contributed by atoms with Crippen LogP contribution in [0.5, 0.6) is 11.5 Å². The lowest BCUT2D eigenvalue weighted by Crippen LogP contribution is -2.69. The van der Waals surface area contributed by atoms with Gasteiger partial charge in [0.15, 0.2) is 11.5 Å². The topological polar surface area (TPSA) is 28.2 Å². The second kappa shape index (κ2) is 9.43. The van der Waals surface area contributed by atoms with Gasteiger partial charge in [0.2, 0.25) is 0 Å². The summed E-state index contributed by atoms with van der Waals surface area (Å²) in [6.45, 7) is 9.96. The van der Waals surface area contributed by atoms with E-state index in [9.17, 15) is 22.0 Å². The predicted octanol–water partition coefficient (Wildman–Crippen LogP) is 5.39. The van der Waals surface area contributed by atoms with Crippen LogP contribution in [0.4, 0.5) is 22.0 Å². The van der Waals surface area contributed by atoms with Gasteiger partial charge in [0.05, 0.1) is 25.0 Å². The summed E-state index contributed by atoms with van der Waals surface area (Å²) < 4.78 is 79.3. The van der Waals surface area contributed by atoms with Crippen LogP contribution in [0, 0.1) is 0 Å². The molecular formula is C26H34F5N3O2. The number of halogens is 5. The normalized spacial score (nSPS) is 22.6. The number of allylic oxidation sites excluding steroid dienone is 1. The zero-order valence-electron chi connectivity index (χ0n) is 21.2. The van der Waals surface area contributed by atoms with Crippen LogP contribution >= 0.6 is 0 Å². The maximum atomic E-state index is 14.3. The number of likely N-dealkylation sites (N-methyl/N-ethyl adjacent to an activating group) is 1. The van der Waals surface area contributed by atoms with E-state index in [0.29, 0.717) is 44.0 Å². The fraction of sp³-hybridized carbons (Fsp3) is 0.615. The quantitative estimate of drug-likeness (QED) is 0.474. The highest BCUT2D eigenvalue weighted by molar-refractivity contribution is 5.65. The second-order valence-electron chi connectivity index (χ2n) is 10.1. The molecule has 3 aliphatic rings. The van der Waals surface area contributed by atoms with E-state index in [4.69, 9.17) is 9.47 Å². The Morgan fingerprint density at radius 3 is 2.31 bits per heavy atom. The van der Waals surface area contributed by atoms with E-state index in [1.807, 2.05) is 39.1 Å². The molecule has 0 saturated carbocycles. The molecule has 3 heterocycles. The molecule has 2 saturated heterocycles. The van der Waals surface area contributed by atoms with Crippen molar-refractivity contribution in [3.05, 3.63) is 42.1 Å². The van der Waals surface area contributed by atoms with Crippen molar-refractivity contribution in [3.8, 4) is 11.5 Å². The van der Waals surface area contributed by atoms with Crippen molar-refractivity contribution in [1.82, 2.24) is 14.7 Å². The molecular weight excluding hydrogens is 481 g/mol. The number of nitrogens with zero attached hydrogens (tertiary/aromatic N) is 3. The summed E-state index contributed by atoms with van der Waals surface area (Å²) in [7, 11) is 3.52. The van der Waals surface area contributed by atoms with Gasteiger partial charge in [-0.25, -0.2) is 0 Å². The predicted molar refractivity (Wildman–Crippen MR) is 128 cm³/mol. The minimum atomic E-state index is -5.61. The molecule has 200 valence electrons. The van der Waals surface area contributed by atoms with Crippen molar-refractivity contribution in [3.63, 3.8) is 0 Å². The number of hydrogen-bond donors (Lipinski definition) is 0. The van der Waals surface area contributed by atoms with Crippen molar-refractivity contribution >= 4 is 5.70 Å². The summed E-state index contributed by atoms with van der Waals surface area (Å²) in [4.78, 5) is 5.61. The SMILES string of the molecule is C=C(c1ccc(OC(C)C)c(OC)c1)N1CCC2(CC1)C1CC=C(C(F)(F)C(F)(F)F)N1CCN2C. The Labute approximate surface area is 209 Å². The summed E-state index contributed by atoms with van der Waals surface area (Å²) in [6.07, 6.45) is -3.07. The van der Waals surface area contributed by atoms with E-state index in [2.05, 4.69) is 16.4 Å². The van der Waals surface area contributed by atoms with Crippen molar-refractivity contribution in [1.29, 1.82) is 0 Å². The maximum absolute atomic E-state index is 14.3. The van der Waals surface area contributed by atoms with Crippen LogP contribution in [-0.4, -0.2) is 84.8 Å². The van der Waals surface area contributed by atoms with Crippen LogP contribution in [0.1, 0.15) is 38.7 Å². The van der Waals surface area contributed by atoms with E-state index in [1.165, 1.54) is 4.90 Å². The average molecular weight is 516 g/mol. The van der Waals surface area contributed by atoms with Crippen LogP contribution in [0.15, 0.2) is 36.6 Å². The third-order valence-corrected chi connectivity index (χ3v) is 7.83. The minimum Gasteiger partial charge on any atom is -0.493 e. The van der Waals surface area contributed by atoms with Crippen molar-refractivity contribution in [2.45, 2.75) is 62.9 Å². The first-order chi connectivity index (χ1) is 16.8. The van der Waals surface area contributed by atoms with Crippen molar-refractivity contribution in [2.75, 3.05) is 40.3 Å². The summed E-state index contributed by atoms with van der Waals surface area (Å²) in [6, 6.07) is 5.24. The number of fused-ring (bicyclic) bond motifs is 2. The summed E-state index contributed by atoms with van der Waals surface area (Å²) >= 11 is 0. The summed E-state index contributed by atoms with van der Waals surface area (Å²) in [5.41, 5.74) is 0.312. The zero-order chi connectivity index (χ0) is 26.5. The first-order valence-electron chi connectivity index (χ1n) is 12.2. The molecule has 1 unspecified atom stereocenters. The van der Waals surface area contributed by atoms with Crippen LogP contribution in [0.25, 0.3) is 5.70 Å². The van der Waals surface area contributed by atoms with E-state index < -0.39 is 29.4 Å². The molecule has 10 heteroatoms. The molecule has 0 bridgehead atoms. The van der Waals surface area contributed by atoms with Gasteiger partial charge in [-0.15, -0.1) is 0 Å². The first kappa shape index (κ1) is 26.6. The van der Waals surface area contributed by atoms with E-state index in [0.717, 1.165) is 17.3 Å². The number of piperidine rings is 1. The van der Waals surface area contributed by atoms with Gasteiger partial charge in [0.1, 0.15) is 0 Å². The van der Waals surface area contributed by atoms with Crippen LogP contribution in [0.2, 0.25) is 0 Å². The molecule has 4 rings (SSSR count). The second-order valence-corrected chi connectivity index (χ2v) is 10.1. The highest BCUT2D eigenvalue weighted by Gasteiger charge is 2.64. The van der Waals surface area contributed by atoms with Gasteiger partial charge < -0.3 is 19.3 Å². The third-order valence-electron chi connectivity index (χ3n) is 7.83. The molecule has 0 aliphatic carbocycles. The molecule has 1 spiro atoms. The van der Waals surface area contributed by atoms with Crippen LogP contribution in [-0.2, 0) is 0 Å². The lowest BCUT2D eigenvalue weighted by Gasteiger charge is -2.58. The smallest absolute Gasteiger partial charge is 0.459 e. The van der Waals surface area contributed by atoms with Crippen molar-refractivity contribution in [2.24, 2.45) is 0 Å². The Morgan fingerprint density at radius 1 is 1.06 bits per heavy atom. The first-order valence-corrected chi connectivity index (χ1v) is 12.2. The molecule has 36 heavy (non-hydrogen) atoms. The van der Waals surface area contributed by atoms with Gasteiger partial charge in [0.25, 0.3) is 0 Å². The lowest BCUT2D eigenvalue weighted by molar-refractivity contribution is -0.272. The standard InChI is InChI=1S/C26H34F5N3O2/c1-17(2)36-20-7-6-19(16-21(20)35-5)18(3)33-12-10-24(11-13-33)22-8-9-23(25(27,28)26(29,30)31)34(22)15-14-32(24)4/h6-7,9,16-17,22H,3,8,10-15H2,1-2,4-5H3. The summed E-state index contributed by atoms with van der Waals surface area (Å²) in [5, 5.41) is 0. The lowest BCUT2D eigenvalue weighted by atomic mass is 9.76. The van der Waals surface area contributed by atoms with Crippen LogP contribution < -0.4 is 9.47 Å². The molecule has 5 nitrogen and oxygen atoms in total. The number of ether oxygens (including phenoxy) is 2. The Hall–Kier alpha value is -2.49. The number of alkyl halides is 5. The monoisotopic (exact) mass is 515 g/mol. The maximum Gasteiger partial charge on any atom is 0.459 e. The molecule has 1 atom stereocenters. The third kappa shape index (κ3) is 4.41. The summed E-state index contributed by atoms with van der Waals surface area (Å²) in [5.74, 6) is -3.60. The fourth-order valence-corrected chi connectivity index (χ4v) is 5.87. The molecule has 3 aliphatic heterocycles.